The minimum atomic E-state index is -0.770. The summed E-state index contributed by atoms with van der Waals surface area (Å²) in [5.41, 5.74) is 3.99. The quantitative estimate of drug-likeness (QED) is 0.863. The molecule has 1 amide bonds. The van der Waals surface area contributed by atoms with Gasteiger partial charge >= 0.3 is 5.97 Å². The van der Waals surface area contributed by atoms with E-state index < -0.39 is 6.10 Å². The maximum atomic E-state index is 12.3. The SMILES string of the molecule is Cc1cc(C)c(NC(=O)[C@H](C)OC(=O)C2CCCC2)c(C)c1. The number of esters is 1. The van der Waals surface area contributed by atoms with Crippen LogP contribution in [0.15, 0.2) is 12.1 Å². The van der Waals surface area contributed by atoms with E-state index in [1.807, 2.05) is 32.9 Å². The Morgan fingerprint density at radius 1 is 1.14 bits per heavy atom. The van der Waals surface area contributed by atoms with Gasteiger partial charge in [-0.3, -0.25) is 9.59 Å². The lowest BCUT2D eigenvalue weighted by atomic mass is 10.0. The molecule has 0 bridgehead atoms. The van der Waals surface area contributed by atoms with Crippen molar-refractivity contribution in [3.8, 4) is 0 Å². The molecule has 22 heavy (non-hydrogen) atoms. The smallest absolute Gasteiger partial charge is 0.309 e. The van der Waals surface area contributed by atoms with Gasteiger partial charge in [-0.25, -0.2) is 0 Å². The molecule has 1 atom stereocenters. The Kier molecular flexibility index (Phi) is 5.22. The summed E-state index contributed by atoms with van der Waals surface area (Å²) < 4.78 is 5.32. The van der Waals surface area contributed by atoms with Crippen LogP contribution < -0.4 is 5.32 Å². The van der Waals surface area contributed by atoms with Crippen LogP contribution in [0.25, 0.3) is 0 Å². The predicted octanol–water partition coefficient (Wildman–Crippen LogP) is 3.67. The number of amides is 1. The Hall–Kier alpha value is -1.84. The van der Waals surface area contributed by atoms with Crippen LogP contribution in [0.1, 0.15) is 49.3 Å². The van der Waals surface area contributed by atoms with Crippen molar-refractivity contribution in [2.45, 2.75) is 59.5 Å². The number of hydrogen-bond acceptors (Lipinski definition) is 3. The Labute approximate surface area is 132 Å². The Morgan fingerprint density at radius 2 is 1.68 bits per heavy atom. The van der Waals surface area contributed by atoms with Crippen LogP contribution in [-0.2, 0) is 14.3 Å². The van der Waals surface area contributed by atoms with E-state index >= 15 is 0 Å². The van der Waals surface area contributed by atoms with Crippen LogP contribution in [0.2, 0.25) is 0 Å². The summed E-state index contributed by atoms with van der Waals surface area (Å²) in [5, 5.41) is 2.89. The van der Waals surface area contributed by atoms with Crippen LogP contribution in [0.3, 0.4) is 0 Å². The second-order valence-corrected chi connectivity index (χ2v) is 6.32. The van der Waals surface area contributed by atoms with Crippen molar-refractivity contribution < 1.29 is 14.3 Å². The number of benzene rings is 1. The minimum absolute atomic E-state index is 0.0295. The van der Waals surface area contributed by atoms with Crippen molar-refractivity contribution in [2.24, 2.45) is 5.92 Å². The van der Waals surface area contributed by atoms with Crippen LogP contribution in [0, 0.1) is 26.7 Å². The third-order valence-corrected chi connectivity index (χ3v) is 4.28. The second-order valence-electron chi connectivity index (χ2n) is 6.32. The minimum Gasteiger partial charge on any atom is -0.452 e. The fourth-order valence-electron chi connectivity index (χ4n) is 3.09. The van der Waals surface area contributed by atoms with Crippen molar-refractivity contribution >= 4 is 17.6 Å². The molecule has 1 aliphatic carbocycles. The fourth-order valence-corrected chi connectivity index (χ4v) is 3.09. The Bertz CT molecular complexity index is 551. The molecule has 1 aromatic rings. The number of carbonyl (C=O) groups is 2. The van der Waals surface area contributed by atoms with E-state index in [9.17, 15) is 9.59 Å². The summed E-state index contributed by atoms with van der Waals surface area (Å²) in [6.07, 6.45) is 3.13. The molecule has 2 rings (SSSR count). The van der Waals surface area contributed by atoms with Gasteiger partial charge in [0.2, 0.25) is 0 Å². The molecule has 0 radical (unpaired) electrons. The fraction of sp³-hybridized carbons (Fsp3) is 0.556. The van der Waals surface area contributed by atoms with Gasteiger partial charge in [-0.2, -0.15) is 0 Å². The van der Waals surface area contributed by atoms with Gasteiger partial charge in [0, 0.05) is 5.69 Å². The highest BCUT2D eigenvalue weighted by Gasteiger charge is 2.27. The summed E-state index contributed by atoms with van der Waals surface area (Å²) in [6.45, 7) is 7.58. The van der Waals surface area contributed by atoms with Gasteiger partial charge in [-0.05, 0) is 51.7 Å². The first-order chi connectivity index (χ1) is 10.4. The lowest BCUT2D eigenvalue weighted by Crippen LogP contribution is -2.32. The molecule has 0 aromatic heterocycles. The van der Waals surface area contributed by atoms with Gasteiger partial charge in [0.1, 0.15) is 0 Å². The first-order valence-corrected chi connectivity index (χ1v) is 7.97. The van der Waals surface area contributed by atoms with Crippen molar-refractivity contribution in [1.29, 1.82) is 0 Å². The average Bonchev–Trinajstić information content (AvgIpc) is 2.96. The molecule has 4 nitrogen and oxygen atoms in total. The van der Waals surface area contributed by atoms with E-state index in [1.165, 1.54) is 0 Å². The zero-order valence-corrected chi connectivity index (χ0v) is 13.9. The maximum absolute atomic E-state index is 12.3. The average molecular weight is 303 g/mol. The monoisotopic (exact) mass is 303 g/mol. The van der Waals surface area contributed by atoms with Crippen LogP contribution in [0.5, 0.6) is 0 Å². The number of ether oxygens (including phenoxy) is 1. The van der Waals surface area contributed by atoms with Gasteiger partial charge in [-0.1, -0.05) is 30.5 Å². The summed E-state index contributed by atoms with van der Waals surface area (Å²) in [7, 11) is 0. The number of aryl methyl sites for hydroxylation is 3. The molecule has 120 valence electrons. The summed E-state index contributed by atoms with van der Waals surface area (Å²) in [5.74, 6) is -0.544. The zero-order chi connectivity index (χ0) is 16.3. The molecule has 0 heterocycles. The van der Waals surface area contributed by atoms with Gasteiger partial charge in [0.05, 0.1) is 5.92 Å². The highest BCUT2D eigenvalue weighted by atomic mass is 16.5. The number of rotatable bonds is 4. The van der Waals surface area contributed by atoms with E-state index in [4.69, 9.17) is 4.74 Å². The van der Waals surface area contributed by atoms with Crippen molar-refractivity contribution in [2.75, 3.05) is 5.32 Å². The van der Waals surface area contributed by atoms with Gasteiger partial charge < -0.3 is 10.1 Å². The third kappa shape index (κ3) is 3.87. The second kappa shape index (κ2) is 6.95. The Balaban J connectivity index is 1.98. The lowest BCUT2D eigenvalue weighted by Gasteiger charge is -2.18. The van der Waals surface area contributed by atoms with Crippen molar-refractivity contribution in [3.05, 3.63) is 28.8 Å². The first-order valence-electron chi connectivity index (χ1n) is 7.97. The van der Waals surface area contributed by atoms with E-state index in [0.29, 0.717) is 0 Å². The summed E-state index contributed by atoms with van der Waals surface area (Å²) in [4.78, 5) is 24.3. The molecule has 1 aromatic carbocycles. The van der Waals surface area contributed by atoms with E-state index in [0.717, 1.165) is 48.1 Å². The summed E-state index contributed by atoms with van der Waals surface area (Å²) >= 11 is 0. The molecule has 0 aliphatic heterocycles. The Morgan fingerprint density at radius 3 is 2.23 bits per heavy atom. The van der Waals surface area contributed by atoms with Crippen molar-refractivity contribution in [1.82, 2.24) is 0 Å². The van der Waals surface area contributed by atoms with Crippen molar-refractivity contribution in [3.63, 3.8) is 0 Å². The third-order valence-electron chi connectivity index (χ3n) is 4.28. The predicted molar refractivity (Wildman–Crippen MR) is 86.8 cm³/mol. The standard InChI is InChI=1S/C18H25NO3/c1-11-9-12(2)16(13(3)10-11)19-17(20)14(4)22-18(21)15-7-5-6-8-15/h9-10,14-15H,5-8H2,1-4H3,(H,19,20)/t14-/m0/s1. The molecule has 1 N–H and O–H groups in total. The summed E-state index contributed by atoms with van der Waals surface area (Å²) in [6, 6.07) is 4.05. The largest absolute Gasteiger partial charge is 0.452 e. The van der Waals surface area contributed by atoms with Gasteiger partial charge in [-0.15, -0.1) is 0 Å². The number of anilines is 1. The van der Waals surface area contributed by atoms with E-state index in [2.05, 4.69) is 5.32 Å². The molecule has 0 unspecified atom stereocenters. The van der Waals surface area contributed by atoms with E-state index in [-0.39, 0.29) is 17.8 Å². The normalized spacial score (nSPS) is 16.4. The topological polar surface area (TPSA) is 55.4 Å². The van der Waals surface area contributed by atoms with E-state index in [1.54, 1.807) is 6.92 Å². The van der Waals surface area contributed by atoms with Crippen LogP contribution >= 0.6 is 0 Å². The number of carbonyl (C=O) groups excluding carboxylic acids is 2. The maximum Gasteiger partial charge on any atom is 0.309 e. The molecule has 1 saturated carbocycles. The van der Waals surface area contributed by atoms with Gasteiger partial charge in [0.25, 0.3) is 5.91 Å². The highest BCUT2D eigenvalue weighted by molar-refractivity contribution is 5.96. The lowest BCUT2D eigenvalue weighted by molar-refractivity contribution is -0.157. The molecule has 4 heteroatoms. The molecule has 1 aliphatic rings. The molecular formula is C18H25NO3. The van der Waals surface area contributed by atoms with Crippen LogP contribution in [0.4, 0.5) is 5.69 Å². The number of hydrogen-bond donors (Lipinski definition) is 1. The molecule has 0 saturated heterocycles. The first kappa shape index (κ1) is 16.5. The molecular weight excluding hydrogens is 278 g/mol. The zero-order valence-electron chi connectivity index (χ0n) is 13.9. The molecule has 1 fully saturated rings. The van der Waals surface area contributed by atoms with Gasteiger partial charge in [0.15, 0.2) is 6.10 Å². The van der Waals surface area contributed by atoms with Crippen LogP contribution in [-0.4, -0.2) is 18.0 Å². The number of nitrogens with one attached hydrogen (secondary N) is 1. The highest BCUT2D eigenvalue weighted by Crippen LogP contribution is 2.26. The molecule has 0 spiro atoms.